The first-order valence-electron chi connectivity index (χ1n) is 6.27. The molecule has 0 aliphatic heterocycles. The predicted octanol–water partition coefficient (Wildman–Crippen LogP) is 3.84. The van der Waals surface area contributed by atoms with E-state index in [0.717, 1.165) is 23.8 Å². The zero-order chi connectivity index (χ0) is 15.1. The molecule has 1 aromatic rings. The van der Waals surface area contributed by atoms with Crippen LogP contribution in [0, 0.1) is 12.3 Å². The normalized spacial score (nSPS) is 10.2. The molecule has 0 aromatic carbocycles. The van der Waals surface area contributed by atoms with E-state index in [-0.39, 0.29) is 5.41 Å². The lowest BCUT2D eigenvalue weighted by Gasteiger charge is -2.28. The number of H-pyrrole nitrogens is 1. The summed E-state index contributed by atoms with van der Waals surface area (Å²) in [5.41, 5.74) is 1.82. The van der Waals surface area contributed by atoms with Crippen molar-refractivity contribution in [3.05, 3.63) is 36.9 Å². The van der Waals surface area contributed by atoms with Crippen molar-refractivity contribution in [2.45, 2.75) is 34.6 Å². The van der Waals surface area contributed by atoms with Crippen LogP contribution >= 0.6 is 0 Å². The number of nitrogens with one attached hydrogen (secondary N) is 1. The standard InChI is InChI=1S/C12H20N4.C3H6/c1-9(11-7-14-10(2)15-11)16(13-6)8-12(3,4)5;1-3-2/h7H,1,6,8H2,2-5H3,(H,14,15);3H,1H2,2H3. The molecule has 4 nitrogen and oxygen atoms in total. The summed E-state index contributed by atoms with van der Waals surface area (Å²) in [5.74, 6) is 0.871. The van der Waals surface area contributed by atoms with E-state index in [1.807, 2.05) is 13.8 Å². The fourth-order valence-corrected chi connectivity index (χ4v) is 1.39. The summed E-state index contributed by atoms with van der Waals surface area (Å²) < 4.78 is 0. The molecule has 0 bridgehead atoms. The molecule has 1 rings (SSSR count). The zero-order valence-electron chi connectivity index (χ0n) is 12.8. The van der Waals surface area contributed by atoms with E-state index in [9.17, 15) is 0 Å². The van der Waals surface area contributed by atoms with Crippen molar-refractivity contribution >= 4 is 12.4 Å². The number of imidazole rings is 1. The number of hydrogen-bond donors (Lipinski definition) is 1. The second-order valence-electron chi connectivity index (χ2n) is 5.50. The van der Waals surface area contributed by atoms with E-state index in [2.05, 4.69) is 55.7 Å². The number of nitrogens with zero attached hydrogens (tertiary/aromatic N) is 3. The molecule has 1 aromatic heterocycles. The molecular weight excluding hydrogens is 236 g/mol. The third-order valence-electron chi connectivity index (χ3n) is 2.12. The molecular formula is C15H26N4. The van der Waals surface area contributed by atoms with Crippen LogP contribution in [0.2, 0.25) is 0 Å². The molecule has 0 spiro atoms. The molecule has 0 unspecified atom stereocenters. The Kier molecular flexibility index (Phi) is 6.83. The van der Waals surface area contributed by atoms with Gasteiger partial charge in [-0.3, -0.25) is 5.01 Å². The Hall–Kier alpha value is -1.84. The minimum absolute atomic E-state index is 0.138. The first-order chi connectivity index (χ1) is 8.75. The first-order valence-corrected chi connectivity index (χ1v) is 6.27. The van der Waals surface area contributed by atoms with Crippen LogP contribution in [0.25, 0.3) is 5.70 Å². The van der Waals surface area contributed by atoms with Crippen LogP contribution in [0.3, 0.4) is 0 Å². The second kappa shape index (κ2) is 7.56. The highest BCUT2D eigenvalue weighted by atomic mass is 15.5. The lowest BCUT2D eigenvalue weighted by molar-refractivity contribution is 0.272. The molecule has 19 heavy (non-hydrogen) atoms. The summed E-state index contributed by atoms with van der Waals surface area (Å²) >= 11 is 0. The van der Waals surface area contributed by atoms with Crippen molar-refractivity contribution in [2.75, 3.05) is 6.54 Å². The van der Waals surface area contributed by atoms with Crippen molar-refractivity contribution < 1.29 is 0 Å². The quantitative estimate of drug-likeness (QED) is 0.509. The van der Waals surface area contributed by atoms with Crippen LogP contribution in [-0.2, 0) is 0 Å². The Morgan fingerprint density at radius 1 is 1.53 bits per heavy atom. The predicted molar refractivity (Wildman–Crippen MR) is 83.9 cm³/mol. The molecule has 0 aliphatic carbocycles. The minimum Gasteiger partial charge on any atom is -0.341 e. The SMILES string of the molecule is C=CC.C=NN(CC(C)(C)C)C(=C)c1cnc(C)[nH]1. The van der Waals surface area contributed by atoms with Crippen LogP contribution < -0.4 is 0 Å². The van der Waals surface area contributed by atoms with Crippen molar-refractivity contribution in [2.24, 2.45) is 10.5 Å². The fraction of sp³-hybridized carbons (Fsp3) is 0.467. The highest BCUT2D eigenvalue weighted by Crippen LogP contribution is 2.22. The number of hydrogen-bond acceptors (Lipinski definition) is 3. The fourth-order valence-electron chi connectivity index (χ4n) is 1.39. The first kappa shape index (κ1) is 17.2. The maximum Gasteiger partial charge on any atom is 0.103 e. The van der Waals surface area contributed by atoms with Crippen molar-refractivity contribution in [1.82, 2.24) is 15.0 Å². The molecule has 4 heteroatoms. The number of hydrazone groups is 1. The molecule has 0 radical (unpaired) electrons. The third-order valence-corrected chi connectivity index (χ3v) is 2.12. The minimum atomic E-state index is 0.138. The van der Waals surface area contributed by atoms with Gasteiger partial charge in [0.25, 0.3) is 0 Å². The molecule has 1 heterocycles. The third kappa shape index (κ3) is 6.60. The molecule has 1 N–H and O–H groups in total. The van der Waals surface area contributed by atoms with E-state index in [0.29, 0.717) is 0 Å². The Labute approximate surface area is 116 Å². The van der Waals surface area contributed by atoms with E-state index >= 15 is 0 Å². The van der Waals surface area contributed by atoms with Crippen LogP contribution in [0.5, 0.6) is 0 Å². The van der Waals surface area contributed by atoms with Crippen LogP contribution in [0.4, 0.5) is 0 Å². The number of aromatic nitrogens is 2. The highest BCUT2D eigenvalue weighted by Gasteiger charge is 2.18. The second-order valence-corrected chi connectivity index (χ2v) is 5.50. The van der Waals surface area contributed by atoms with E-state index < -0.39 is 0 Å². The summed E-state index contributed by atoms with van der Waals surface area (Å²) in [4.78, 5) is 7.28. The van der Waals surface area contributed by atoms with Crippen LogP contribution in [0.15, 0.2) is 30.5 Å². The summed E-state index contributed by atoms with van der Waals surface area (Å²) in [6.45, 7) is 22.0. The van der Waals surface area contributed by atoms with E-state index in [1.54, 1.807) is 17.3 Å². The monoisotopic (exact) mass is 262 g/mol. The lowest BCUT2D eigenvalue weighted by atomic mass is 9.96. The molecule has 0 fully saturated rings. The van der Waals surface area contributed by atoms with Crippen molar-refractivity contribution in [3.8, 4) is 0 Å². The van der Waals surface area contributed by atoms with Gasteiger partial charge in [0.15, 0.2) is 0 Å². The van der Waals surface area contributed by atoms with Gasteiger partial charge in [-0.1, -0.05) is 33.4 Å². The lowest BCUT2D eigenvalue weighted by Crippen LogP contribution is -2.27. The van der Waals surface area contributed by atoms with Gasteiger partial charge in [0, 0.05) is 13.3 Å². The number of allylic oxidation sites excluding steroid dienone is 1. The van der Waals surface area contributed by atoms with Gasteiger partial charge in [-0.25, -0.2) is 4.98 Å². The average molecular weight is 262 g/mol. The topological polar surface area (TPSA) is 44.3 Å². The summed E-state index contributed by atoms with van der Waals surface area (Å²) in [6, 6.07) is 0. The van der Waals surface area contributed by atoms with Crippen LogP contribution in [-0.4, -0.2) is 28.2 Å². The summed E-state index contributed by atoms with van der Waals surface area (Å²) in [7, 11) is 0. The molecule has 0 amide bonds. The molecule has 0 aliphatic rings. The smallest absolute Gasteiger partial charge is 0.103 e. The Balaban J connectivity index is 0.000000982. The number of rotatable bonds is 4. The van der Waals surface area contributed by atoms with Crippen LogP contribution in [0.1, 0.15) is 39.2 Å². The van der Waals surface area contributed by atoms with Gasteiger partial charge in [-0.05, 0) is 19.3 Å². The molecule has 106 valence electrons. The van der Waals surface area contributed by atoms with Gasteiger partial charge < -0.3 is 4.98 Å². The summed E-state index contributed by atoms with van der Waals surface area (Å²) in [6.07, 6.45) is 3.51. The number of aromatic amines is 1. The Morgan fingerprint density at radius 2 is 2.05 bits per heavy atom. The van der Waals surface area contributed by atoms with Gasteiger partial charge in [-0.2, -0.15) is 5.10 Å². The largest absolute Gasteiger partial charge is 0.341 e. The van der Waals surface area contributed by atoms with E-state index in [4.69, 9.17) is 0 Å². The van der Waals surface area contributed by atoms with Crippen molar-refractivity contribution in [3.63, 3.8) is 0 Å². The highest BCUT2D eigenvalue weighted by molar-refractivity contribution is 5.58. The van der Waals surface area contributed by atoms with Gasteiger partial charge in [0.05, 0.1) is 17.6 Å². The number of aryl methyl sites for hydroxylation is 1. The average Bonchev–Trinajstić information content (AvgIpc) is 2.71. The van der Waals surface area contributed by atoms with E-state index in [1.165, 1.54) is 0 Å². The van der Waals surface area contributed by atoms with Gasteiger partial charge in [0.2, 0.25) is 0 Å². The van der Waals surface area contributed by atoms with Crippen molar-refractivity contribution in [1.29, 1.82) is 0 Å². The Bertz CT molecular complexity index is 424. The molecule has 0 atom stereocenters. The maximum atomic E-state index is 4.15. The van der Waals surface area contributed by atoms with Gasteiger partial charge in [-0.15, -0.1) is 6.58 Å². The summed E-state index contributed by atoms with van der Waals surface area (Å²) in [5, 5.41) is 5.79. The maximum absolute atomic E-state index is 4.15. The van der Waals surface area contributed by atoms with Gasteiger partial charge >= 0.3 is 0 Å². The molecule has 0 saturated carbocycles. The molecule has 0 saturated heterocycles. The zero-order valence-corrected chi connectivity index (χ0v) is 12.8. The Morgan fingerprint density at radius 3 is 2.37 bits per heavy atom. The van der Waals surface area contributed by atoms with Gasteiger partial charge in [0.1, 0.15) is 5.82 Å².